The van der Waals surface area contributed by atoms with Gasteiger partial charge in [-0.1, -0.05) is 13.8 Å². The summed E-state index contributed by atoms with van der Waals surface area (Å²) < 4.78 is 1.83. The molecule has 2 heterocycles. The highest BCUT2D eigenvalue weighted by molar-refractivity contribution is 5.80. The zero-order valence-corrected chi connectivity index (χ0v) is 12.8. The van der Waals surface area contributed by atoms with Crippen molar-refractivity contribution in [1.29, 1.82) is 0 Å². The number of aliphatic imine (C=N–C) groups is 1. The fraction of sp³-hybridized carbons (Fsp3) is 0.786. The van der Waals surface area contributed by atoms with Crippen LogP contribution in [0.15, 0.2) is 17.6 Å². The minimum Gasteiger partial charge on any atom is -0.354 e. The van der Waals surface area contributed by atoms with Crippen LogP contribution in [0, 0.1) is 5.41 Å². The van der Waals surface area contributed by atoms with Crippen LogP contribution in [-0.4, -0.2) is 52.3 Å². The van der Waals surface area contributed by atoms with Crippen molar-refractivity contribution in [3.05, 3.63) is 12.7 Å². The van der Waals surface area contributed by atoms with Gasteiger partial charge in [0, 0.05) is 26.7 Å². The highest BCUT2D eigenvalue weighted by Gasteiger charge is 2.36. The monoisotopic (exact) mass is 278 g/mol. The minimum absolute atomic E-state index is 0.476. The Morgan fingerprint density at radius 1 is 1.40 bits per heavy atom. The van der Waals surface area contributed by atoms with Crippen LogP contribution in [-0.2, 0) is 6.54 Å². The first-order valence-corrected chi connectivity index (χ1v) is 7.51. The zero-order valence-electron chi connectivity index (χ0n) is 12.8. The number of hydrogen-bond donors (Lipinski definition) is 1. The topological polar surface area (TPSA) is 58.3 Å². The summed E-state index contributed by atoms with van der Waals surface area (Å²) in [5, 5.41) is 7.52. The smallest absolute Gasteiger partial charge is 0.193 e. The van der Waals surface area contributed by atoms with E-state index >= 15 is 0 Å². The van der Waals surface area contributed by atoms with Gasteiger partial charge in [-0.15, -0.1) is 0 Å². The van der Waals surface area contributed by atoms with Gasteiger partial charge in [-0.05, 0) is 24.7 Å². The van der Waals surface area contributed by atoms with Crippen LogP contribution in [0.25, 0.3) is 0 Å². The fourth-order valence-electron chi connectivity index (χ4n) is 2.91. The summed E-state index contributed by atoms with van der Waals surface area (Å²) in [6, 6.07) is 0. The molecule has 1 N–H and O–H groups in total. The van der Waals surface area contributed by atoms with Gasteiger partial charge >= 0.3 is 0 Å². The summed E-state index contributed by atoms with van der Waals surface area (Å²) in [4.78, 5) is 10.7. The third kappa shape index (κ3) is 3.29. The van der Waals surface area contributed by atoms with E-state index in [2.05, 4.69) is 39.1 Å². The highest BCUT2D eigenvalue weighted by atomic mass is 15.3. The van der Waals surface area contributed by atoms with E-state index in [0.717, 1.165) is 32.1 Å². The quantitative estimate of drug-likeness (QED) is 0.653. The predicted molar refractivity (Wildman–Crippen MR) is 80.6 cm³/mol. The van der Waals surface area contributed by atoms with Gasteiger partial charge in [-0.3, -0.25) is 9.67 Å². The lowest BCUT2D eigenvalue weighted by molar-refractivity contribution is 0.276. The summed E-state index contributed by atoms with van der Waals surface area (Å²) >= 11 is 0. The van der Waals surface area contributed by atoms with Crippen LogP contribution in [0.5, 0.6) is 0 Å². The van der Waals surface area contributed by atoms with Crippen LogP contribution in [0.1, 0.15) is 33.1 Å². The van der Waals surface area contributed by atoms with Gasteiger partial charge in [0.25, 0.3) is 0 Å². The number of guanidine groups is 1. The number of hydrogen-bond acceptors (Lipinski definition) is 3. The van der Waals surface area contributed by atoms with Crippen molar-refractivity contribution < 1.29 is 0 Å². The van der Waals surface area contributed by atoms with Crippen molar-refractivity contribution in [2.45, 2.75) is 39.7 Å². The average molecular weight is 278 g/mol. The lowest BCUT2D eigenvalue weighted by atomic mass is 9.82. The molecule has 1 aromatic rings. The summed E-state index contributed by atoms with van der Waals surface area (Å²) in [5.41, 5.74) is 0.476. The molecule has 1 aromatic heterocycles. The van der Waals surface area contributed by atoms with E-state index in [0.29, 0.717) is 5.41 Å². The number of likely N-dealkylation sites (tertiary alicyclic amines) is 1. The van der Waals surface area contributed by atoms with Crippen LogP contribution in [0.2, 0.25) is 0 Å². The molecular weight excluding hydrogens is 252 g/mol. The molecule has 0 aliphatic carbocycles. The molecule has 0 atom stereocenters. The third-order valence-corrected chi connectivity index (χ3v) is 4.54. The van der Waals surface area contributed by atoms with Crippen molar-refractivity contribution in [2.75, 3.05) is 26.7 Å². The van der Waals surface area contributed by atoms with Gasteiger partial charge in [0.15, 0.2) is 5.96 Å². The Bertz CT molecular complexity index is 421. The van der Waals surface area contributed by atoms with E-state index < -0.39 is 0 Å². The summed E-state index contributed by atoms with van der Waals surface area (Å²) in [6.45, 7) is 8.44. The number of nitrogens with one attached hydrogen (secondary N) is 1. The van der Waals surface area contributed by atoms with E-state index in [9.17, 15) is 0 Å². The molecule has 1 fully saturated rings. The molecule has 0 bridgehead atoms. The standard InChI is InChI=1S/C14H26N6/c1-4-14(5-2)6-8-19(10-14)13(15-3)17-7-9-20-12-16-11-18-20/h11-12H,4-10H2,1-3H3,(H,15,17). The molecule has 0 unspecified atom stereocenters. The number of rotatable bonds is 5. The van der Waals surface area contributed by atoms with Crippen molar-refractivity contribution in [3.8, 4) is 0 Å². The van der Waals surface area contributed by atoms with Gasteiger partial charge in [0.2, 0.25) is 0 Å². The summed E-state index contributed by atoms with van der Waals surface area (Å²) in [6.07, 6.45) is 7.06. The first-order valence-electron chi connectivity index (χ1n) is 7.51. The van der Waals surface area contributed by atoms with Gasteiger partial charge in [-0.25, -0.2) is 4.98 Å². The van der Waals surface area contributed by atoms with E-state index in [-0.39, 0.29) is 0 Å². The molecule has 1 aliphatic heterocycles. The SMILES string of the molecule is CCC1(CC)CCN(C(=NC)NCCn2cncn2)C1. The van der Waals surface area contributed by atoms with Crippen LogP contribution < -0.4 is 5.32 Å². The molecule has 6 heteroatoms. The Morgan fingerprint density at radius 2 is 2.20 bits per heavy atom. The van der Waals surface area contributed by atoms with E-state index in [1.165, 1.54) is 19.3 Å². The summed E-state index contributed by atoms with van der Waals surface area (Å²) in [5.74, 6) is 1.01. The van der Waals surface area contributed by atoms with Crippen molar-refractivity contribution in [2.24, 2.45) is 10.4 Å². The Morgan fingerprint density at radius 3 is 2.75 bits per heavy atom. The van der Waals surface area contributed by atoms with Gasteiger partial charge in [0.1, 0.15) is 12.7 Å². The van der Waals surface area contributed by atoms with Gasteiger partial charge in [-0.2, -0.15) is 5.10 Å². The molecular formula is C14H26N6. The molecule has 0 saturated carbocycles. The fourth-order valence-corrected chi connectivity index (χ4v) is 2.91. The molecule has 2 rings (SSSR count). The van der Waals surface area contributed by atoms with E-state index in [1.54, 1.807) is 12.7 Å². The Balaban J connectivity index is 1.84. The Kier molecular flexibility index (Phi) is 4.98. The second kappa shape index (κ2) is 6.72. The molecule has 112 valence electrons. The van der Waals surface area contributed by atoms with Crippen molar-refractivity contribution in [1.82, 2.24) is 25.0 Å². The number of aromatic nitrogens is 3. The van der Waals surface area contributed by atoms with Crippen LogP contribution in [0.4, 0.5) is 0 Å². The Hall–Kier alpha value is -1.59. The van der Waals surface area contributed by atoms with Crippen molar-refractivity contribution >= 4 is 5.96 Å². The largest absolute Gasteiger partial charge is 0.354 e. The normalized spacial score (nSPS) is 18.6. The number of nitrogens with zero attached hydrogens (tertiary/aromatic N) is 5. The molecule has 6 nitrogen and oxygen atoms in total. The lowest BCUT2D eigenvalue weighted by Crippen LogP contribution is -2.42. The first-order chi connectivity index (χ1) is 9.73. The molecule has 0 radical (unpaired) electrons. The molecule has 20 heavy (non-hydrogen) atoms. The minimum atomic E-state index is 0.476. The maximum atomic E-state index is 4.41. The molecule has 0 spiro atoms. The van der Waals surface area contributed by atoms with Crippen LogP contribution in [0.3, 0.4) is 0 Å². The lowest BCUT2D eigenvalue weighted by Gasteiger charge is -2.27. The molecule has 0 aromatic carbocycles. The maximum absolute atomic E-state index is 4.41. The van der Waals surface area contributed by atoms with E-state index in [4.69, 9.17) is 0 Å². The third-order valence-electron chi connectivity index (χ3n) is 4.54. The van der Waals surface area contributed by atoms with Crippen molar-refractivity contribution in [3.63, 3.8) is 0 Å². The average Bonchev–Trinajstić information content (AvgIpc) is 3.13. The predicted octanol–water partition coefficient (Wildman–Crippen LogP) is 1.37. The highest BCUT2D eigenvalue weighted by Crippen LogP contribution is 2.36. The first kappa shape index (κ1) is 14.8. The van der Waals surface area contributed by atoms with Crippen LogP contribution >= 0.6 is 0 Å². The Labute approximate surface area is 121 Å². The second-order valence-electron chi connectivity index (χ2n) is 5.51. The van der Waals surface area contributed by atoms with E-state index in [1.807, 2.05) is 11.7 Å². The molecule has 1 saturated heterocycles. The van der Waals surface area contributed by atoms with Gasteiger partial charge < -0.3 is 10.2 Å². The molecule has 0 amide bonds. The summed E-state index contributed by atoms with van der Waals surface area (Å²) in [7, 11) is 1.86. The zero-order chi connectivity index (χ0) is 14.4. The second-order valence-corrected chi connectivity index (χ2v) is 5.51. The van der Waals surface area contributed by atoms with Gasteiger partial charge in [0.05, 0.1) is 6.54 Å². The maximum Gasteiger partial charge on any atom is 0.193 e. The molecule has 1 aliphatic rings.